The number of aromatic amines is 2. The highest BCUT2D eigenvalue weighted by molar-refractivity contribution is 7.08. The third-order valence-corrected chi connectivity index (χ3v) is 7.82. The molecule has 0 radical (unpaired) electrons. The molecule has 1 aliphatic rings. The highest BCUT2D eigenvalue weighted by atomic mass is 32.1. The first-order valence-corrected chi connectivity index (χ1v) is 13.4. The van der Waals surface area contributed by atoms with Crippen LogP contribution in [0.25, 0.3) is 55.8 Å². The Kier molecular flexibility index (Phi) is 5.47. The molecule has 1 saturated carbocycles. The van der Waals surface area contributed by atoms with Crippen LogP contribution >= 0.6 is 11.3 Å². The average molecular weight is 524 g/mol. The summed E-state index contributed by atoms with van der Waals surface area (Å²) in [5.41, 5.74) is 6.03. The number of rotatable bonds is 5. The number of fused-ring (bicyclic) bond motifs is 2. The van der Waals surface area contributed by atoms with Gasteiger partial charge in [0.1, 0.15) is 17.0 Å². The Morgan fingerprint density at radius 1 is 1.08 bits per heavy atom. The molecular weight excluding hydrogens is 501 g/mol. The van der Waals surface area contributed by atoms with Gasteiger partial charge in [0.05, 0.1) is 17.4 Å². The van der Waals surface area contributed by atoms with Gasteiger partial charge >= 0.3 is 0 Å². The maximum absolute atomic E-state index is 15.2. The molecule has 0 bridgehead atoms. The number of hydrogen-bond acceptors (Lipinski definition) is 6. The van der Waals surface area contributed by atoms with Gasteiger partial charge in [0, 0.05) is 46.5 Å². The molecule has 3 N–H and O–H groups in total. The monoisotopic (exact) mass is 523 g/mol. The van der Waals surface area contributed by atoms with Gasteiger partial charge in [-0.05, 0) is 53.4 Å². The Morgan fingerprint density at radius 2 is 1.97 bits per heavy atom. The molecule has 1 amide bonds. The van der Waals surface area contributed by atoms with Crippen molar-refractivity contribution in [2.45, 2.75) is 25.7 Å². The van der Waals surface area contributed by atoms with Crippen LogP contribution in [0.3, 0.4) is 0 Å². The molecule has 1 fully saturated rings. The summed E-state index contributed by atoms with van der Waals surface area (Å²) in [4.78, 5) is 29.4. The van der Waals surface area contributed by atoms with Crippen LogP contribution in [-0.4, -0.2) is 36.0 Å². The van der Waals surface area contributed by atoms with Crippen LogP contribution in [0.2, 0.25) is 0 Å². The Hall–Kier alpha value is -4.44. The number of hydrogen-bond donors (Lipinski definition) is 3. The molecule has 0 aliphatic heterocycles. The number of pyridine rings is 2. The second kappa shape index (κ2) is 9.14. The van der Waals surface area contributed by atoms with Crippen molar-refractivity contribution in [2.24, 2.45) is 5.92 Å². The summed E-state index contributed by atoms with van der Waals surface area (Å²) in [5.74, 6) is 0.142. The van der Waals surface area contributed by atoms with Crippen molar-refractivity contribution >= 4 is 45.0 Å². The van der Waals surface area contributed by atoms with Crippen LogP contribution in [0.15, 0.2) is 59.7 Å². The minimum atomic E-state index is -0.417. The number of amides is 1. The molecule has 38 heavy (non-hydrogen) atoms. The van der Waals surface area contributed by atoms with Crippen LogP contribution in [0.4, 0.5) is 10.1 Å². The van der Waals surface area contributed by atoms with Crippen LogP contribution < -0.4 is 5.32 Å². The number of thiophene rings is 1. The summed E-state index contributed by atoms with van der Waals surface area (Å²) >= 11 is 1.62. The predicted octanol–water partition coefficient (Wildman–Crippen LogP) is 6.56. The number of imidazole rings is 1. The molecule has 0 saturated heterocycles. The fraction of sp³-hybridized carbons (Fsp3) is 0.179. The first-order chi connectivity index (χ1) is 18.6. The molecule has 5 heterocycles. The number of benzene rings is 1. The molecule has 1 aromatic carbocycles. The Balaban J connectivity index is 1.27. The smallest absolute Gasteiger partial charge is 0.227 e. The largest absolute Gasteiger partial charge is 0.324 e. The molecule has 0 spiro atoms. The molecule has 1 aliphatic carbocycles. The number of carbonyl (C=O) groups excluding carboxylic acids is 1. The summed E-state index contributed by atoms with van der Waals surface area (Å²) in [6, 6.07) is 8.90. The van der Waals surface area contributed by atoms with Crippen LogP contribution in [0, 0.1) is 11.7 Å². The third kappa shape index (κ3) is 3.93. The van der Waals surface area contributed by atoms with Crippen molar-refractivity contribution in [3.8, 4) is 33.8 Å². The summed E-state index contributed by atoms with van der Waals surface area (Å²) in [7, 11) is 0. The molecule has 0 unspecified atom stereocenters. The van der Waals surface area contributed by atoms with E-state index in [1.807, 2.05) is 17.5 Å². The van der Waals surface area contributed by atoms with E-state index in [9.17, 15) is 4.79 Å². The first kappa shape index (κ1) is 22.7. The van der Waals surface area contributed by atoms with Crippen LogP contribution in [-0.2, 0) is 4.79 Å². The number of halogens is 1. The van der Waals surface area contributed by atoms with E-state index in [4.69, 9.17) is 4.98 Å². The Labute approximate surface area is 220 Å². The molecule has 5 aromatic heterocycles. The fourth-order valence-electron chi connectivity index (χ4n) is 5.20. The molecule has 8 nitrogen and oxygen atoms in total. The summed E-state index contributed by atoms with van der Waals surface area (Å²) in [6.07, 6.45) is 8.88. The van der Waals surface area contributed by atoms with Gasteiger partial charge < -0.3 is 10.3 Å². The summed E-state index contributed by atoms with van der Waals surface area (Å²) in [6.45, 7) is 0. The van der Waals surface area contributed by atoms with E-state index in [0.29, 0.717) is 44.9 Å². The molecule has 188 valence electrons. The maximum atomic E-state index is 15.2. The lowest BCUT2D eigenvalue weighted by Gasteiger charge is -2.11. The zero-order valence-electron chi connectivity index (χ0n) is 20.2. The standard InChI is InChI=1S/C28H22FN7OS/c29-22-11-23-21(10-20(22)17-9-18(13-30-12-17)32-28(37)15-3-1-2-4-15)25(36-35-23)27-33-24-19(16-6-8-38-14-16)5-7-31-26(24)34-27/h5-15H,1-4H2,(H,32,37)(H,35,36)(H,31,33,34). The Bertz CT molecular complexity index is 1800. The highest BCUT2D eigenvalue weighted by Crippen LogP contribution is 2.35. The number of anilines is 1. The predicted molar refractivity (Wildman–Crippen MR) is 146 cm³/mol. The van der Waals surface area contributed by atoms with Crippen molar-refractivity contribution in [3.05, 3.63) is 65.5 Å². The van der Waals surface area contributed by atoms with Gasteiger partial charge in [0.2, 0.25) is 5.91 Å². The summed E-state index contributed by atoms with van der Waals surface area (Å²) in [5, 5.41) is 15.1. The van der Waals surface area contributed by atoms with Crippen molar-refractivity contribution in [3.63, 3.8) is 0 Å². The Morgan fingerprint density at radius 3 is 2.82 bits per heavy atom. The van der Waals surface area contributed by atoms with E-state index < -0.39 is 5.82 Å². The van der Waals surface area contributed by atoms with Crippen molar-refractivity contribution in [2.75, 3.05) is 5.32 Å². The van der Waals surface area contributed by atoms with Gasteiger partial charge in [-0.2, -0.15) is 16.4 Å². The van der Waals surface area contributed by atoms with E-state index in [0.717, 1.165) is 42.3 Å². The van der Waals surface area contributed by atoms with E-state index in [1.165, 1.54) is 6.07 Å². The molecular formula is C28H22FN7OS. The highest BCUT2D eigenvalue weighted by Gasteiger charge is 2.23. The SMILES string of the molecule is O=C(Nc1cncc(-c2cc3c(-c4nc5c(-c6ccsc6)ccnc5[nH]4)n[nH]c3cc2F)c1)C1CCCC1. The average Bonchev–Trinajstić information content (AvgIpc) is 3.73. The second-order valence-corrected chi connectivity index (χ2v) is 10.3. The zero-order chi connectivity index (χ0) is 25.6. The van der Waals surface area contributed by atoms with E-state index in [-0.39, 0.29) is 11.8 Å². The van der Waals surface area contributed by atoms with Gasteiger partial charge in [-0.25, -0.2) is 14.4 Å². The number of nitrogens with zero attached hydrogens (tertiary/aromatic N) is 4. The van der Waals surface area contributed by atoms with Crippen molar-refractivity contribution in [1.29, 1.82) is 0 Å². The maximum Gasteiger partial charge on any atom is 0.227 e. The van der Waals surface area contributed by atoms with Gasteiger partial charge in [-0.1, -0.05) is 12.8 Å². The lowest BCUT2D eigenvalue weighted by Crippen LogP contribution is -2.20. The van der Waals surface area contributed by atoms with Crippen molar-refractivity contribution in [1.82, 2.24) is 30.1 Å². The van der Waals surface area contributed by atoms with E-state index in [1.54, 1.807) is 42.1 Å². The number of nitrogens with one attached hydrogen (secondary N) is 3. The van der Waals surface area contributed by atoms with Gasteiger partial charge in [0.15, 0.2) is 11.5 Å². The van der Waals surface area contributed by atoms with Crippen LogP contribution in [0.1, 0.15) is 25.7 Å². The quantitative estimate of drug-likeness (QED) is 0.237. The van der Waals surface area contributed by atoms with E-state index in [2.05, 4.69) is 35.8 Å². The lowest BCUT2D eigenvalue weighted by molar-refractivity contribution is -0.119. The minimum absolute atomic E-state index is 0.00480. The second-order valence-electron chi connectivity index (χ2n) is 9.54. The normalized spacial score (nSPS) is 14.0. The molecule has 0 atom stereocenters. The van der Waals surface area contributed by atoms with Gasteiger partial charge in [0.25, 0.3) is 0 Å². The molecule has 7 rings (SSSR count). The first-order valence-electron chi connectivity index (χ1n) is 12.5. The minimum Gasteiger partial charge on any atom is -0.324 e. The number of H-pyrrole nitrogens is 2. The molecule has 6 aromatic rings. The lowest BCUT2D eigenvalue weighted by atomic mass is 10.0. The number of carbonyl (C=O) groups is 1. The fourth-order valence-corrected chi connectivity index (χ4v) is 5.86. The zero-order valence-corrected chi connectivity index (χ0v) is 21.0. The van der Waals surface area contributed by atoms with Crippen LogP contribution in [0.5, 0.6) is 0 Å². The summed E-state index contributed by atoms with van der Waals surface area (Å²) < 4.78 is 15.2. The topological polar surface area (TPSA) is 112 Å². The number of aromatic nitrogens is 6. The molecule has 10 heteroatoms. The van der Waals surface area contributed by atoms with Gasteiger partial charge in [-0.3, -0.25) is 14.9 Å². The van der Waals surface area contributed by atoms with Crippen molar-refractivity contribution < 1.29 is 9.18 Å². The van der Waals surface area contributed by atoms with Gasteiger partial charge in [-0.15, -0.1) is 0 Å². The van der Waals surface area contributed by atoms with E-state index >= 15 is 4.39 Å². The third-order valence-electron chi connectivity index (χ3n) is 7.13.